The van der Waals surface area contributed by atoms with Gasteiger partial charge in [0.15, 0.2) is 0 Å². The van der Waals surface area contributed by atoms with E-state index < -0.39 is 26.7 Å². The Labute approximate surface area is 88.2 Å². The number of hydrogen-bond acceptors (Lipinski definition) is 5. The summed E-state index contributed by atoms with van der Waals surface area (Å²) in [6.07, 6.45) is 1.60. The lowest BCUT2D eigenvalue weighted by Gasteiger charge is -2.20. The van der Waals surface area contributed by atoms with E-state index >= 15 is 0 Å². The highest BCUT2D eigenvalue weighted by atomic mass is 32.2. The number of rotatable bonds is 3. The Morgan fingerprint density at radius 2 is 2.13 bits per heavy atom. The Balaban J connectivity index is 2.02. The quantitative estimate of drug-likeness (QED) is 0.633. The predicted molar refractivity (Wildman–Crippen MR) is 52.4 cm³/mol. The van der Waals surface area contributed by atoms with E-state index in [1.54, 1.807) is 0 Å². The number of carbonyl (C=O) groups is 1. The average molecular weight is 234 g/mol. The Kier molecular flexibility index (Phi) is 2.48. The van der Waals surface area contributed by atoms with Gasteiger partial charge in [-0.15, -0.1) is 0 Å². The Morgan fingerprint density at radius 1 is 1.47 bits per heavy atom. The molecule has 7 heteroatoms. The maximum atomic E-state index is 11.6. The summed E-state index contributed by atoms with van der Waals surface area (Å²) in [6, 6.07) is 0. The van der Waals surface area contributed by atoms with Crippen molar-refractivity contribution < 1.29 is 17.9 Å². The number of hydrogen-bond donors (Lipinski definition) is 2. The molecule has 86 valence electrons. The topological polar surface area (TPSA) is 98.5 Å². The lowest BCUT2D eigenvalue weighted by molar-refractivity contribution is -0.124. The molecule has 15 heavy (non-hydrogen) atoms. The molecule has 0 spiro atoms. The van der Waals surface area contributed by atoms with Crippen molar-refractivity contribution in [2.75, 3.05) is 13.2 Å². The lowest BCUT2D eigenvalue weighted by Crippen LogP contribution is -2.56. The van der Waals surface area contributed by atoms with Gasteiger partial charge in [0.25, 0.3) is 5.91 Å². The molecule has 0 aromatic carbocycles. The molecule has 1 saturated carbocycles. The Bertz CT molecular complexity index is 368. The van der Waals surface area contributed by atoms with Crippen molar-refractivity contribution in [2.45, 2.75) is 30.1 Å². The number of nitrogens with one attached hydrogen (secondary N) is 1. The maximum Gasteiger partial charge on any atom is 0.255 e. The summed E-state index contributed by atoms with van der Waals surface area (Å²) in [5.74, 6) is -0.646. The minimum absolute atomic E-state index is 0.0824. The lowest BCUT2D eigenvalue weighted by atomic mass is 10.0. The van der Waals surface area contributed by atoms with Crippen LogP contribution in [0, 0.1) is 0 Å². The van der Waals surface area contributed by atoms with Crippen molar-refractivity contribution in [1.82, 2.24) is 4.72 Å². The number of amides is 1. The van der Waals surface area contributed by atoms with Crippen LogP contribution in [-0.2, 0) is 19.6 Å². The molecular weight excluding hydrogens is 220 g/mol. The Hall–Kier alpha value is -0.660. The zero-order valence-electron chi connectivity index (χ0n) is 8.23. The summed E-state index contributed by atoms with van der Waals surface area (Å²) in [5, 5.41) is -0.410. The van der Waals surface area contributed by atoms with E-state index in [1.165, 1.54) is 0 Å². The molecule has 1 amide bonds. The van der Waals surface area contributed by atoms with Gasteiger partial charge in [-0.1, -0.05) is 0 Å². The zero-order chi connectivity index (χ0) is 11.1. The molecule has 6 nitrogen and oxygen atoms in total. The first-order valence-corrected chi connectivity index (χ1v) is 6.41. The molecular formula is C8H14N2O4S. The molecule has 1 unspecified atom stereocenters. The maximum absolute atomic E-state index is 11.6. The molecule has 2 aliphatic rings. The highest BCUT2D eigenvalue weighted by molar-refractivity contribution is 7.90. The van der Waals surface area contributed by atoms with Crippen LogP contribution in [0.4, 0.5) is 0 Å². The first kappa shape index (κ1) is 10.8. The molecule has 1 atom stereocenters. The molecule has 1 aliphatic heterocycles. The van der Waals surface area contributed by atoms with Gasteiger partial charge < -0.3 is 10.5 Å². The fourth-order valence-electron chi connectivity index (χ4n) is 1.45. The SMILES string of the molecule is NC1(C(=O)NS(=O)(=O)C2CC2)CCOC1. The molecule has 0 bridgehead atoms. The first-order chi connectivity index (χ1) is 6.94. The second kappa shape index (κ2) is 3.43. The highest BCUT2D eigenvalue weighted by Crippen LogP contribution is 2.28. The fraction of sp³-hybridized carbons (Fsp3) is 0.875. The van der Waals surface area contributed by atoms with Crippen molar-refractivity contribution >= 4 is 15.9 Å². The number of sulfonamides is 1. The minimum Gasteiger partial charge on any atom is -0.379 e. The highest BCUT2D eigenvalue weighted by Gasteiger charge is 2.43. The summed E-state index contributed by atoms with van der Waals surface area (Å²) >= 11 is 0. The zero-order valence-corrected chi connectivity index (χ0v) is 9.05. The Morgan fingerprint density at radius 3 is 2.60 bits per heavy atom. The van der Waals surface area contributed by atoms with Crippen LogP contribution in [0.2, 0.25) is 0 Å². The molecule has 2 rings (SSSR count). The van der Waals surface area contributed by atoms with E-state index in [2.05, 4.69) is 0 Å². The smallest absolute Gasteiger partial charge is 0.255 e. The van der Waals surface area contributed by atoms with Crippen molar-refractivity contribution in [1.29, 1.82) is 0 Å². The van der Waals surface area contributed by atoms with Gasteiger partial charge >= 0.3 is 0 Å². The average Bonchev–Trinajstić information content (AvgIpc) is 2.90. The third kappa shape index (κ3) is 2.14. The molecule has 0 radical (unpaired) electrons. The predicted octanol–water partition coefficient (Wildman–Crippen LogP) is -1.29. The molecule has 1 aliphatic carbocycles. The van der Waals surface area contributed by atoms with Gasteiger partial charge in [0.1, 0.15) is 5.54 Å². The van der Waals surface area contributed by atoms with Gasteiger partial charge in [-0.25, -0.2) is 8.42 Å². The van der Waals surface area contributed by atoms with Gasteiger partial charge in [0.05, 0.1) is 11.9 Å². The molecule has 1 saturated heterocycles. The van der Waals surface area contributed by atoms with Gasteiger partial charge in [-0.05, 0) is 12.8 Å². The van der Waals surface area contributed by atoms with Crippen LogP contribution in [0.3, 0.4) is 0 Å². The van der Waals surface area contributed by atoms with Crippen molar-refractivity contribution in [3.05, 3.63) is 0 Å². The van der Waals surface area contributed by atoms with E-state index in [4.69, 9.17) is 10.5 Å². The van der Waals surface area contributed by atoms with Crippen LogP contribution in [0.15, 0.2) is 0 Å². The van der Waals surface area contributed by atoms with Gasteiger partial charge in [-0.2, -0.15) is 0 Å². The van der Waals surface area contributed by atoms with Crippen LogP contribution in [-0.4, -0.2) is 38.3 Å². The number of ether oxygens (including phenoxy) is 1. The minimum atomic E-state index is -3.50. The first-order valence-electron chi connectivity index (χ1n) is 4.87. The van der Waals surface area contributed by atoms with Crippen LogP contribution < -0.4 is 10.5 Å². The summed E-state index contributed by atoms with van der Waals surface area (Å²) in [7, 11) is -3.50. The van der Waals surface area contributed by atoms with E-state index in [-0.39, 0.29) is 6.61 Å². The second-order valence-electron chi connectivity index (χ2n) is 4.13. The van der Waals surface area contributed by atoms with Gasteiger partial charge in [0, 0.05) is 13.0 Å². The summed E-state index contributed by atoms with van der Waals surface area (Å²) in [5.41, 5.74) is 4.55. The number of carbonyl (C=O) groups excluding carboxylic acids is 1. The largest absolute Gasteiger partial charge is 0.379 e. The van der Waals surface area contributed by atoms with Crippen LogP contribution in [0.5, 0.6) is 0 Å². The molecule has 3 N–H and O–H groups in total. The van der Waals surface area contributed by atoms with Crippen molar-refractivity contribution in [3.8, 4) is 0 Å². The van der Waals surface area contributed by atoms with Crippen LogP contribution >= 0.6 is 0 Å². The molecule has 0 aromatic heterocycles. The summed E-state index contributed by atoms with van der Waals surface area (Å²) in [4.78, 5) is 11.6. The van der Waals surface area contributed by atoms with Crippen LogP contribution in [0.25, 0.3) is 0 Å². The van der Waals surface area contributed by atoms with Crippen molar-refractivity contribution in [2.24, 2.45) is 5.73 Å². The summed E-state index contributed by atoms with van der Waals surface area (Å²) in [6.45, 7) is 0.479. The fourth-order valence-corrected chi connectivity index (χ4v) is 2.84. The van der Waals surface area contributed by atoms with E-state index in [0.29, 0.717) is 25.9 Å². The molecule has 2 fully saturated rings. The van der Waals surface area contributed by atoms with Crippen molar-refractivity contribution in [3.63, 3.8) is 0 Å². The number of nitrogens with two attached hydrogens (primary N) is 1. The van der Waals surface area contributed by atoms with Gasteiger partial charge in [0.2, 0.25) is 10.0 Å². The summed E-state index contributed by atoms with van der Waals surface area (Å²) < 4.78 is 30.0. The van der Waals surface area contributed by atoms with E-state index in [0.717, 1.165) is 0 Å². The third-order valence-corrected chi connectivity index (χ3v) is 4.52. The van der Waals surface area contributed by atoms with Crippen LogP contribution in [0.1, 0.15) is 19.3 Å². The van der Waals surface area contributed by atoms with E-state index in [9.17, 15) is 13.2 Å². The standard InChI is InChI=1S/C8H14N2O4S/c9-8(3-4-14-5-8)7(11)10-15(12,13)6-1-2-6/h6H,1-5,9H2,(H,10,11). The second-order valence-corrected chi connectivity index (χ2v) is 6.10. The van der Waals surface area contributed by atoms with Gasteiger partial charge in [-0.3, -0.25) is 9.52 Å². The van der Waals surface area contributed by atoms with E-state index in [1.807, 2.05) is 4.72 Å². The third-order valence-electron chi connectivity index (χ3n) is 2.70. The molecule has 1 heterocycles. The monoisotopic (exact) mass is 234 g/mol. The normalized spacial score (nSPS) is 31.5. The molecule has 0 aromatic rings.